The maximum atomic E-state index is 13.2. The summed E-state index contributed by atoms with van der Waals surface area (Å²) < 4.78 is 26.0. The van der Waals surface area contributed by atoms with Crippen LogP contribution in [0.2, 0.25) is 0 Å². The summed E-state index contributed by atoms with van der Waals surface area (Å²) in [5.74, 6) is 0.624. The van der Waals surface area contributed by atoms with E-state index in [9.17, 15) is 13.6 Å². The number of likely N-dealkylation sites (tertiary alicyclic amines) is 1. The Kier molecular flexibility index (Phi) is 3.33. The van der Waals surface area contributed by atoms with Crippen molar-refractivity contribution < 1.29 is 13.6 Å². The normalized spacial score (nSPS) is 20.9. The lowest BCUT2D eigenvalue weighted by atomic mass is 10.1. The van der Waals surface area contributed by atoms with Crippen LogP contribution in [-0.4, -0.2) is 17.4 Å². The second-order valence-electron chi connectivity index (χ2n) is 4.46. The fourth-order valence-corrected chi connectivity index (χ4v) is 2.17. The molecule has 1 aliphatic rings. The first-order valence-corrected chi connectivity index (χ1v) is 5.73. The summed E-state index contributed by atoms with van der Waals surface area (Å²) in [5, 5.41) is 0. The van der Waals surface area contributed by atoms with E-state index in [2.05, 4.69) is 5.92 Å². The molecular weight excluding hydrogens is 236 g/mol. The molecule has 1 amide bonds. The molecule has 2 unspecified atom stereocenters. The van der Waals surface area contributed by atoms with Crippen LogP contribution in [0, 0.1) is 29.9 Å². The Morgan fingerprint density at radius 1 is 1.44 bits per heavy atom. The van der Waals surface area contributed by atoms with Gasteiger partial charge < -0.3 is 4.90 Å². The van der Waals surface area contributed by atoms with Gasteiger partial charge in [0.15, 0.2) is 11.6 Å². The molecule has 0 radical (unpaired) electrons. The molecule has 1 aliphatic heterocycles. The van der Waals surface area contributed by atoms with E-state index in [1.807, 2.05) is 0 Å². The highest BCUT2D eigenvalue weighted by atomic mass is 19.2. The molecule has 0 aliphatic carbocycles. The van der Waals surface area contributed by atoms with Crippen LogP contribution in [0.1, 0.15) is 24.9 Å². The van der Waals surface area contributed by atoms with E-state index in [1.165, 1.54) is 6.07 Å². The highest BCUT2D eigenvalue weighted by Crippen LogP contribution is 2.28. The number of halogens is 2. The Balaban J connectivity index is 2.21. The number of nitrogens with zero attached hydrogens (tertiary/aromatic N) is 1. The Morgan fingerprint density at radius 3 is 2.72 bits per heavy atom. The zero-order chi connectivity index (χ0) is 13.3. The number of rotatable bonds is 2. The van der Waals surface area contributed by atoms with E-state index >= 15 is 0 Å². The maximum Gasteiger partial charge on any atom is 0.224 e. The Morgan fingerprint density at radius 2 is 2.17 bits per heavy atom. The predicted molar refractivity (Wildman–Crippen MR) is 63.4 cm³/mol. The molecule has 1 aromatic rings. The van der Waals surface area contributed by atoms with E-state index in [0.717, 1.165) is 12.1 Å². The standard InChI is InChI=1S/C14H13F2NO/c1-3-10-6-14(18)17(8-10)9(2)11-4-5-12(15)13(16)7-11/h1,4-5,7,9-10H,6,8H2,2H3. The zero-order valence-corrected chi connectivity index (χ0v) is 9.99. The van der Waals surface area contributed by atoms with Gasteiger partial charge in [-0.1, -0.05) is 6.07 Å². The molecule has 2 rings (SSSR count). The van der Waals surface area contributed by atoms with Crippen molar-refractivity contribution in [2.24, 2.45) is 5.92 Å². The lowest BCUT2D eigenvalue weighted by molar-refractivity contribution is -0.129. The van der Waals surface area contributed by atoms with E-state index in [0.29, 0.717) is 18.5 Å². The first kappa shape index (κ1) is 12.6. The summed E-state index contributed by atoms with van der Waals surface area (Å²) in [5.41, 5.74) is 0.569. The fourth-order valence-electron chi connectivity index (χ4n) is 2.17. The molecule has 18 heavy (non-hydrogen) atoms. The zero-order valence-electron chi connectivity index (χ0n) is 9.99. The van der Waals surface area contributed by atoms with Gasteiger partial charge in [0.25, 0.3) is 0 Å². The summed E-state index contributed by atoms with van der Waals surface area (Å²) in [6.07, 6.45) is 5.63. The Hall–Kier alpha value is -1.89. The molecule has 94 valence electrons. The van der Waals surface area contributed by atoms with Crippen LogP contribution >= 0.6 is 0 Å². The minimum Gasteiger partial charge on any atom is -0.335 e. The van der Waals surface area contributed by atoms with Crippen molar-refractivity contribution >= 4 is 5.91 Å². The van der Waals surface area contributed by atoms with Gasteiger partial charge in [0.05, 0.1) is 6.04 Å². The van der Waals surface area contributed by atoms with Crippen LogP contribution in [0.5, 0.6) is 0 Å². The average Bonchev–Trinajstić information content (AvgIpc) is 2.73. The summed E-state index contributed by atoms with van der Waals surface area (Å²) in [6.45, 7) is 2.25. The van der Waals surface area contributed by atoms with Crippen LogP contribution in [0.25, 0.3) is 0 Å². The smallest absolute Gasteiger partial charge is 0.224 e. The van der Waals surface area contributed by atoms with Crippen molar-refractivity contribution in [2.75, 3.05) is 6.54 Å². The van der Waals surface area contributed by atoms with Crippen molar-refractivity contribution in [3.8, 4) is 12.3 Å². The molecule has 1 heterocycles. The number of carbonyl (C=O) groups excluding carboxylic acids is 1. The molecule has 2 nitrogen and oxygen atoms in total. The van der Waals surface area contributed by atoms with Crippen molar-refractivity contribution in [1.82, 2.24) is 4.90 Å². The largest absolute Gasteiger partial charge is 0.335 e. The van der Waals surface area contributed by atoms with Crippen molar-refractivity contribution in [2.45, 2.75) is 19.4 Å². The number of benzene rings is 1. The predicted octanol–water partition coefficient (Wildman–Crippen LogP) is 2.51. The molecule has 2 atom stereocenters. The molecule has 0 aromatic heterocycles. The number of hydrogen-bond acceptors (Lipinski definition) is 1. The van der Waals surface area contributed by atoms with Gasteiger partial charge in [0, 0.05) is 18.9 Å². The van der Waals surface area contributed by atoms with Gasteiger partial charge in [-0.2, -0.15) is 0 Å². The van der Waals surface area contributed by atoms with Gasteiger partial charge in [-0.15, -0.1) is 12.3 Å². The van der Waals surface area contributed by atoms with Crippen LogP contribution < -0.4 is 0 Å². The molecule has 0 spiro atoms. The molecule has 1 aromatic carbocycles. The Labute approximate surface area is 105 Å². The molecule has 1 fully saturated rings. The SMILES string of the molecule is C#CC1CC(=O)N(C(C)c2ccc(F)c(F)c2)C1. The fraction of sp³-hybridized carbons (Fsp3) is 0.357. The second kappa shape index (κ2) is 4.77. The van der Waals surface area contributed by atoms with Crippen LogP contribution in [0.15, 0.2) is 18.2 Å². The Bertz CT molecular complexity index is 521. The summed E-state index contributed by atoms with van der Waals surface area (Å²) >= 11 is 0. The third-order valence-corrected chi connectivity index (χ3v) is 3.29. The summed E-state index contributed by atoms with van der Waals surface area (Å²) in [4.78, 5) is 13.4. The molecule has 4 heteroatoms. The minimum absolute atomic E-state index is 0.0461. The van der Waals surface area contributed by atoms with Gasteiger partial charge >= 0.3 is 0 Å². The molecule has 0 bridgehead atoms. The maximum absolute atomic E-state index is 13.2. The van der Waals surface area contributed by atoms with Gasteiger partial charge in [-0.05, 0) is 24.6 Å². The molecular formula is C14H13F2NO. The molecule has 0 N–H and O–H groups in total. The van der Waals surface area contributed by atoms with Crippen molar-refractivity contribution in [3.63, 3.8) is 0 Å². The van der Waals surface area contributed by atoms with Crippen LogP contribution in [0.4, 0.5) is 8.78 Å². The van der Waals surface area contributed by atoms with Crippen LogP contribution in [0.3, 0.4) is 0 Å². The first-order chi connectivity index (χ1) is 8.52. The van der Waals surface area contributed by atoms with E-state index in [4.69, 9.17) is 6.42 Å². The molecule has 0 saturated carbocycles. The summed E-state index contributed by atoms with van der Waals surface area (Å²) in [6, 6.07) is 3.38. The van der Waals surface area contributed by atoms with Crippen LogP contribution in [-0.2, 0) is 4.79 Å². The number of carbonyl (C=O) groups is 1. The number of terminal acetylenes is 1. The second-order valence-corrected chi connectivity index (χ2v) is 4.46. The quantitative estimate of drug-likeness (QED) is 0.737. The average molecular weight is 249 g/mol. The minimum atomic E-state index is -0.903. The van der Waals surface area contributed by atoms with Gasteiger partial charge in [0.2, 0.25) is 5.91 Å². The van der Waals surface area contributed by atoms with E-state index < -0.39 is 11.6 Å². The third kappa shape index (κ3) is 2.21. The number of hydrogen-bond donors (Lipinski definition) is 0. The number of amides is 1. The van der Waals surface area contributed by atoms with Gasteiger partial charge in [0.1, 0.15) is 0 Å². The van der Waals surface area contributed by atoms with Crippen molar-refractivity contribution in [1.29, 1.82) is 0 Å². The highest BCUT2D eigenvalue weighted by Gasteiger charge is 2.32. The van der Waals surface area contributed by atoms with Crippen molar-refractivity contribution in [3.05, 3.63) is 35.4 Å². The van der Waals surface area contributed by atoms with E-state index in [1.54, 1.807) is 11.8 Å². The van der Waals surface area contributed by atoms with E-state index in [-0.39, 0.29) is 17.9 Å². The summed E-state index contributed by atoms with van der Waals surface area (Å²) in [7, 11) is 0. The third-order valence-electron chi connectivity index (χ3n) is 3.29. The lowest BCUT2D eigenvalue weighted by Gasteiger charge is -2.24. The van der Waals surface area contributed by atoms with Gasteiger partial charge in [-0.25, -0.2) is 8.78 Å². The first-order valence-electron chi connectivity index (χ1n) is 5.73. The topological polar surface area (TPSA) is 20.3 Å². The highest BCUT2D eigenvalue weighted by molar-refractivity contribution is 5.79. The monoisotopic (exact) mass is 249 g/mol. The lowest BCUT2D eigenvalue weighted by Crippen LogP contribution is -2.28. The molecule has 1 saturated heterocycles. The van der Waals surface area contributed by atoms with Gasteiger partial charge in [-0.3, -0.25) is 4.79 Å².